The Morgan fingerprint density at radius 1 is 1.38 bits per heavy atom. The number of hydrogen-bond donors (Lipinski definition) is 0. The van der Waals surface area contributed by atoms with E-state index >= 15 is 0 Å². The number of aryl methyl sites for hydroxylation is 1. The van der Waals surface area contributed by atoms with Crippen molar-refractivity contribution < 1.29 is 16.7 Å². The van der Waals surface area contributed by atoms with Gasteiger partial charge in [-0.15, -0.1) is 3.89 Å². The summed E-state index contributed by atoms with van der Waals surface area (Å²) in [5, 5.41) is 0. The monoisotopic (exact) mass is 206 g/mol. The Balaban J connectivity index is 2.99. The van der Waals surface area contributed by atoms with Crippen molar-refractivity contribution in [3.05, 3.63) is 35.1 Å². The van der Waals surface area contributed by atoms with Crippen LogP contribution in [0.3, 0.4) is 0 Å². The van der Waals surface area contributed by atoms with Crippen molar-refractivity contribution >= 4 is 10.2 Å². The first-order chi connectivity index (χ1) is 5.88. The van der Waals surface area contributed by atoms with Crippen LogP contribution in [0.5, 0.6) is 0 Å². The Kier molecular flexibility index (Phi) is 2.66. The zero-order valence-electron chi connectivity index (χ0n) is 6.92. The molecule has 0 spiro atoms. The molecule has 0 saturated heterocycles. The van der Waals surface area contributed by atoms with Gasteiger partial charge in [0.25, 0.3) is 0 Å². The maximum absolute atomic E-state index is 12.7. The number of halogens is 2. The SMILES string of the molecule is Cc1cc(CS(=O)(=O)F)ccc1F. The maximum Gasteiger partial charge on any atom is 0.306 e. The molecule has 0 atom stereocenters. The van der Waals surface area contributed by atoms with Crippen molar-refractivity contribution in [1.29, 1.82) is 0 Å². The van der Waals surface area contributed by atoms with Crippen molar-refractivity contribution in [3.8, 4) is 0 Å². The van der Waals surface area contributed by atoms with Gasteiger partial charge in [0.05, 0.1) is 0 Å². The van der Waals surface area contributed by atoms with E-state index in [1.165, 1.54) is 19.1 Å². The Morgan fingerprint density at radius 2 is 2.00 bits per heavy atom. The quantitative estimate of drug-likeness (QED) is 0.693. The van der Waals surface area contributed by atoms with Gasteiger partial charge in [0.15, 0.2) is 0 Å². The number of hydrogen-bond acceptors (Lipinski definition) is 2. The molecule has 0 heterocycles. The highest BCUT2D eigenvalue weighted by Crippen LogP contribution is 2.12. The largest absolute Gasteiger partial charge is 0.306 e. The van der Waals surface area contributed by atoms with E-state index in [9.17, 15) is 16.7 Å². The van der Waals surface area contributed by atoms with E-state index in [0.29, 0.717) is 5.56 Å². The van der Waals surface area contributed by atoms with Gasteiger partial charge in [0, 0.05) is 0 Å². The standard InChI is InChI=1S/C8H8F2O2S/c1-6-4-7(2-3-8(6)9)5-13(10,11)12/h2-4H,5H2,1H3. The van der Waals surface area contributed by atoms with Crippen LogP contribution in [-0.2, 0) is 16.0 Å². The molecule has 5 heteroatoms. The molecule has 1 aromatic carbocycles. The van der Waals surface area contributed by atoms with Gasteiger partial charge in [-0.05, 0) is 24.1 Å². The molecular weight excluding hydrogens is 198 g/mol. The first kappa shape index (κ1) is 10.1. The fourth-order valence-corrected chi connectivity index (χ4v) is 1.57. The van der Waals surface area contributed by atoms with Crippen LogP contribution in [0.25, 0.3) is 0 Å². The second-order valence-corrected chi connectivity index (χ2v) is 4.13. The molecule has 0 radical (unpaired) electrons. The average Bonchev–Trinajstić information content (AvgIpc) is 1.94. The minimum atomic E-state index is -4.53. The van der Waals surface area contributed by atoms with E-state index < -0.39 is 21.8 Å². The van der Waals surface area contributed by atoms with Crippen molar-refractivity contribution in [3.63, 3.8) is 0 Å². The fourth-order valence-electron chi connectivity index (χ4n) is 0.996. The van der Waals surface area contributed by atoms with Crippen molar-refractivity contribution in [2.75, 3.05) is 0 Å². The van der Waals surface area contributed by atoms with E-state index in [4.69, 9.17) is 0 Å². The number of benzene rings is 1. The van der Waals surface area contributed by atoms with Crippen LogP contribution in [-0.4, -0.2) is 8.42 Å². The molecule has 0 fully saturated rings. The van der Waals surface area contributed by atoms with Gasteiger partial charge in [-0.3, -0.25) is 0 Å². The van der Waals surface area contributed by atoms with Crippen LogP contribution in [0.1, 0.15) is 11.1 Å². The Labute approximate surface area is 75.4 Å². The zero-order valence-corrected chi connectivity index (χ0v) is 7.74. The molecule has 0 aliphatic carbocycles. The van der Waals surface area contributed by atoms with Gasteiger partial charge in [-0.1, -0.05) is 12.1 Å². The summed E-state index contributed by atoms with van der Waals surface area (Å²) in [5.41, 5.74) is 0.558. The van der Waals surface area contributed by atoms with Crippen molar-refractivity contribution in [2.45, 2.75) is 12.7 Å². The molecule has 0 bridgehead atoms. The summed E-state index contributed by atoms with van der Waals surface area (Å²) in [5.74, 6) is -1.13. The van der Waals surface area contributed by atoms with E-state index in [1.807, 2.05) is 0 Å². The van der Waals surface area contributed by atoms with Crippen LogP contribution in [0.15, 0.2) is 18.2 Å². The summed E-state index contributed by atoms with van der Waals surface area (Å²) in [4.78, 5) is 0. The third-order valence-electron chi connectivity index (χ3n) is 1.56. The lowest BCUT2D eigenvalue weighted by Gasteiger charge is -1.99. The average molecular weight is 206 g/mol. The normalized spacial score (nSPS) is 11.6. The molecule has 1 aromatic rings. The molecular formula is C8H8F2O2S. The lowest BCUT2D eigenvalue weighted by molar-refractivity contribution is 0.551. The lowest BCUT2D eigenvalue weighted by Crippen LogP contribution is -1.97. The van der Waals surface area contributed by atoms with E-state index in [2.05, 4.69) is 0 Å². The van der Waals surface area contributed by atoms with Gasteiger partial charge in [-0.25, -0.2) is 4.39 Å². The molecule has 0 aliphatic heterocycles. The summed E-state index contributed by atoms with van der Waals surface area (Å²) in [6, 6.07) is 3.68. The number of rotatable bonds is 2. The Hall–Kier alpha value is -0.970. The van der Waals surface area contributed by atoms with Gasteiger partial charge in [0.2, 0.25) is 0 Å². The Bertz CT molecular complexity index is 412. The van der Waals surface area contributed by atoms with Gasteiger partial charge in [-0.2, -0.15) is 8.42 Å². The first-order valence-electron chi connectivity index (χ1n) is 3.56. The highest BCUT2D eigenvalue weighted by Gasteiger charge is 2.09. The second kappa shape index (κ2) is 3.41. The Morgan fingerprint density at radius 3 is 2.46 bits per heavy atom. The van der Waals surface area contributed by atoms with Crippen molar-refractivity contribution in [1.82, 2.24) is 0 Å². The van der Waals surface area contributed by atoms with Crippen LogP contribution in [0.4, 0.5) is 8.28 Å². The van der Waals surface area contributed by atoms with Gasteiger partial charge in [0.1, 0.15) is 11.6 Å². The molecule has 72 valence electrons. The highest BCUT2D eigenvalue weighted by molar-refractivity contribution is 7.85. The molecule has 0 saturated carbocycles. The smallest absolute Gasteiger partial charge is 0.207 e. The molecule has 0 amide bonds. The predicted octanol–water partition coefficient (Wildman–Crippen LogP) is 1.93. The molecule has 0 aromatic heterocycles. The van der Waals surface area contributed by atoms with Gasteiger partial charge >= 0.3 is 10.2 Å². The van der Waals surface area contributed by atoms with Crippen molar-refractivity contribution in [2.24, 2.45) is 0 Å². The van der Waals surface area contributed by atoms with E-state index in [1.54, 1.807) is 0 Å². The summed E-state index contributed by atoms with van der Waals surface area (Å²) in [6.07, 6.45) is 0. The van der Waals surface area contributed by atoms with Crippen LogP contribution in [0, 0.1) is 12.7 Å². The van der Waals surface area contributed by atoms with Crippen LogP contribution in [0.2, 0.25) is 0 Å². The van der Waals surface area contributed by atoms with E-state index in [0.717, 1.165) is 6.07 Å². The third kappa shape index (κ3) is 3.10. The maximum atomic E-state index is 12.7. The summed E-state index contributed by atoms with van der Waals surface area (Å²) in [6.45, 7) is 1.49. The first-order valence-corrected chi connectivity index (χ1v) is 5.11. The molecule has 13 heavy (non-hydrogen) atoms. The molecule has 1 rings (SSSR count). The summed E-state index contributed by atoms with van der Waals surface area (Å²) < 4.78 is 45.3. The fraction of sp³-hybridized carbons (Fsp3) is 0.250. The molecule has 0 N–H and O–H groups in total. The molecule has 0 unspecified atom stereocenters. The highest BCUT2D eigenvalue weighted by atomic mass is 32.3. The van der Waals surface area contributed by atoms with Crippen LogP contribution < -0.4 is 0 Å². The topological polar surface area (TPSA) is 34.1 Å². The lowest BCUT2D eigenvalue weighted by atomic mass is 10.1. The predicted molar refractivity (Wildman–Crippen MR) is 44.9 cm³/mol. The summed E-state index contributed by atoms with van der Waals surface area (Å²) in [7, 11) is -4.53. The zero-order chi connectivity index (χ0) is 10.1. The minimum absolute atomic E-state index is 0.251. The third-order valence-corrected chi connectivity index (χ3v) is 2.24. The van der Waals surface area contributed by atoms with Crippen LogP contribution >= 0.6 is 0 Å². The minimum Gasteiger partial charge on any atom is -0.207 e. The molecule has 0 aliphatic rings. The summed E-state index contributed by atoms with van der Waals surface area (Å²) >= 11 is 0. The van der Waals surface area contributed by atoms with E-state index in [-0.39, 0.29) is 5.56 Å². The second-order valence-electron chi connectivity index (χ2n) is 2.77. The molecule has 2 nitrogen and oxygen atoms in total. The van der Waals surface area contributed by atoms with Gasteiger partial charge < -0.3 is 0 Å².